The third-order valence-electron chi connectivity index (χ3n) is 2.98. The number of nitrogens with two attached hydrogens (primary N) is 1. The van der Waals surface area contributed by atoms with E-state index in [1.54, 1.807) is 35.1 Å². The van der Waals surface area contributed by atoms with Gasteiger partial charge < -0.3 is 10.5 Å². The Kier molecular flexibility index (Phi) is 2.83. The first kappa shape index (κ1) is 12.2. The first-order valence-electron chi connectivity index (χ1n) is 5.98. The molecule has 0 saturated heterocycles. The summed E-state index contributed by atoms with van der Waals surface area (Å²) in [7, 11) is 1.34. The first-order chi connectivity index (χ1) is 9.70. The lowest BCUT2D eigenvalue weighted by atomic mass is 10.2. The van der Waals surface area contributed by atoms with E-state index < -0.39 is 5.97 Å². The quantitative estimate of drug-likeness (QED) is 0.716. The molecule has 0 bridgehead atoms. The number of hydrogen-bond acceptors (Lipinski definition) is 5. The van der Waals surface area contributed by atoms with Crippen LogP contribution in [0.1, 0.15) is 10.4 Å². The molecule has 0 amide bonds. The molecular weight excluding hydrogens is 256 g/mol. The minimum absolute atomic E-state index is 0.403. The monoisotopic (exact) mass is 268 g/mol. The lowest BCUT2D eigenvalue weighted by Gasteiger charge is -2.05. The van der Waals surface area contributed by atoms with Gasteiger partial charge in [-0.05, 0) is 30.3 Å². The van der Waals surface area contributed by atoms with E-state index in [1.165, 1.54) is 7.11 Å². The predicted molar refractivity (Wildman–Crippen MR) is 74.6 cm³/mol. The van der Waals surface area contributed by atoms with Gasteiger partial charge in [0.1, 0.15) is 11.0 Å². The van der Waals surface area contributed by atoms with Gasteiger partial charge in [-0.2, -0.15) is 5.10 Å². The molecule has 0 unspecified atom stereocenters. The van der Waals surface area contributed by atoms with Gasteiger partial charge in [0.2, 0.25) is 0 Å². The second kappa shape index (κ2) is 4.65. The van der Waals surface area contributed by atoms with E-state index >= 15 is 0 Å². The van der Waals surface area contributed by atoms with Crippen LogP contribution in [0.15, 0.2) is 42.6 Å². The third-order valence-corrected chi connectivity index (χ3v) is 2.98. The summed E-state index contributed by atoms with van der Waals surface area (Å²) < 4.78 is 6.26. The number of benzene rings is 1. The highest BCUT2D eigenvalue weighted by Gasteiger charge is 2.12. The smallest absolute Gasteiger partial charge is 0.337 e. The average molecular weight is 268 g/mol. The molecule has 0 fully saturated rings. The average Bonchev–Trinajstić information content (AvgIpc) is 2.84. The molecule has 0 aliphatic carbocycles. The molecule has 0 aliphatic rings. The van der Waals surface area contributed by atoms with Crippen molar-refractivity contribution in [3.05, 3.63) is 48.2 Å². The van der Waals surface area contributed by atoms with Crippen LogP contribution in [0.3, 0.4) is 0 Å². The number of methoxy groups -OCH3 is 1. The molecule has 100 valence electrons. The molecule has 6 nitrogen and oxygen atoms in total. The Labute approximate surface area is 114 Å². The normalized spacial score (nSPS) is 10.7. The summed E-state index contributed by atoms with van der Waals surface area (Å²) in [6.07, 6.45) is 1.66. The van der Waals surface area contributed by atoms with Crippen LogP contribution in [-0.4, -0.2) is 27.8 Å². The van der Waals surface area contributed by atoms with Gasteiger partial charge in [-0.25, -0.2) is 9.48 Å². The van der Waals surface area contributed by atoms with E-state index in [9.17, 15) is 4.79 Å². The number of nitrogen functional groups attached to an aromatic ring is 1. The van der Waals surface area contributed by atoms with Crippen molar-refractivity contribution in [2.75, 3.05) is 12.8 Å². The van der Waals surface area contributed by atoms with Crippen LogP contribution in [0.25, 0.3) is 16.7 Å². The van der Waals surface area contributed by atoms with Crippen LogP contribution in [0.4, 0.5) is 5.82 Å². The van der Waals surface area contributed by atoms with Crippen LogP contribution in [0, 0.1) is 0 Å². The van der Waals surface area contributed by atoms with E-state index in [1.807, 2.05) is 12.1 Å². The fourth-order valence-corrected chi connectivity index (χ4v) is 2.02. The third kappa shape index (κ3) is 1.87. The molecule has 0 saturated carbocycles. The molecule has 0 atom stereocenters. The maximum absolute atomic E-state index is 11.6. The van der Waals surface area contributed by atoms with E-state index in [4.69, 9.17) is 10.5 Å². The molecular formula is C14H12N4O2. The summed E-state index contributed by atoms with van der Waals surface area (Å²) in [6.45, 7) is 0. The van der Waals surface area contributed by atoms with E-state index in [0.29, 0.717) is 28.1 Å². The number of pyridine rings is 1. The van der Waals surface area contributed by atoms with E-state index in [2.05, 4.69) is 10.1 Å². The standard InChI is InChI=1S/C14H12N4O2/c1-20-14(19)9-4-2-5-10(8-9)18-13(15)12-11(17-18)6-3-7-16-12/h2-8H,15H2,1H3. The number of carbonyl (C=O) groups is 1. The molecule has 2 aromatic heterocycles. The molecule has 3 aromatic rings. The number of carbonyl (C=O) groups excluding carboxylic acids is 1. The molecule has 3 rings (SSSR count). The minimum Gasteiger partial charge on any atom is -0.465 e. The lowest BCUT2D eigenvalue weighted by Crippen LogP contribution is -2.05. The van der Waals surface area contributed by atoms with Crippen LogP contribution in [0.5, 0.6) is 0 Å². The van der Waals surface area contributed by atoms with E-state index in [0.717, 1.165) is 0 Å². The van der Waals surface area contributed by atoms with Gasteiger partial charge in [0, 0.05) is 6.20 Å². The van der Waals surface area contributed by atoms with Crippen molar-refractivity contribution in [1.82, 2.24) is 14.8 Å². The van der Waals surface area contributed by atoms with Crippen molar-refractivity contribution in [2.24, 2.45) is 0 Å². The zero-order chi connectivity index (χ0) is 14.1. The first-order valence-corrected chi connectivity index (χ1v) is 5.98. The van der Waals surface area contributed by atoms with Crippen molar-refractivity contribution in [1.29, 1.82) is 0 Å². The molecule has 0 aliphatic heterocycles. The number of aromatic nitrogens is 3. The Morgan fingerprint density at radius 3 is 2.90 bits per heavy atom. The SMILES string of the molecule is COC(=O)c1cccc(-n2nc3cccnc3c2N)c1. The van der Waals surface area contributed by atoms with Crippen molar-refractivity contribution in [3.8, 4) is 5.69 Å². The Morgan fingerprint density at radius 1 is 1.30 bits per heavy atom. The molecule has 20 heavy (non-hydrogen) atoms. The number of nitrogens with zero attached hydrogens (tertiary/aromatic N) is 3. The van der Waals surface area contributed by atoms with Gasteiger partial charge in [-0.1, -0.05) is 6.07 Å². The molecule has 0 radical (unpaired) electrons. The number of rotatable bonds is 2. The summed E-state index contributed by atoms with van der Waals surface area (Å²) in [6, 6.07) is 10.5. The molecule has 1 aromatic carbocycles. The van der Waals surface area contributed by atoms with Crippen molar-refractivity contribution in [3.63, 3.8) is 0 Å². The van der Waals surface area contributed by atoms with E-state index in [-0.39, 0.29) is 0 Å². The summed E-state index contributed by atoms with van der Waals surface area (Å²) in [5, 5.41) is 4.39. The summed E-state index contributed by atoms with van der Waals surface area (Å²) in [5.74, 6) is 0.0304. The highest BCUT2D eigenvalue weighted by Crippen LogP contribution is 2.22. The largest absolute Gasteiger partial charge is 0.465 e. The maximum Gasteiger partial charge on any atom is 0.337 e. The maximum atomic E-state index is 11.6. The fraction of sp³-hybridized carbons (Fsp3) is 0.0714. The Hall–Kier alpha value is -2.89. The number of anilines is 1. The van der Waals surface area contributed by atoms with Gasteiger partial charge in [-0.3, -0.25) is 4.98 Å². The number of esters is 1. The summed E-state index contributed by atoms with van der Waals surface area (Å²) in [5.41, 5.74) is 8.51. The van der Waals surface area contributed by atoms with Crippen LogP contribution in [-0.2, 0) is 4.74 Å². The van der Waals surface area contributed by atoms with Gasteiger partial charge in [0.25, 0.3) is 0 Å². The van der Waals surface area contributed by atoms with Crippen molar-refractivity contribution >= 4 is 22.8 Å². The number of ether oxygens (including phenoxy) is 1. The predicted octanol–water partition coefficient (Wildman–Crippen LogP) is 1.79. The van der Waals surface area contributed by atoms with Crippen molar-refractivity contribution in [2.45, 2.75) is 0 Å². The molecule has 0 spiro atoms. The van der Waals surface area contributed by atoms with Crippen LogP contribution in [0.2, 0.25) is 0 Å². The second-order valence-corrected chi connectivity index (χ2v) is 4.21. The topological polar surface area (TPSA) is 83.0 Å². The zero-order valence-corrected chi connectivity index (χ0v) is 10.8. The van der Waals surface area contributed by atoms with Gasteiger partial charge in [0.15, 0.2) is 5.82 Å². The van der Waals surface area contributed by atoms with Gasteiger partial charge in [0.05, 0.1) is 18.4 Å². The minimum atomic E-state index is -0.403. The Balaban J connectivity index is 2.16. The fourth-order valence-electron chi connectivity index (χ4n) is 2.02. The molecule has 6 heteroatoms. The van der Waals surface area contributed by atoms with Crippen molar-refractivity contribution < 1.29 is 9.53 Å². The van der Waals surface area contributed by atoms with Gasteiger partial charge in [-0.15, -0.1) is 0 Å². The number of fused-ring (bicyclic) bond motifs is 1. The van der Waals surface area contributed by atoms with Crippen LogP contribution < -0.4 is 5.73 Å². The highest BCUT2D eigenvalue weighted by molar-refractivity contribution is 5.90. The summed E-state index contributed by atoms with van der Waals surface area (Å²) >= 11 is 0. The Morgan fingerprint density at radius 2 is 2.15 bits per heavy atom. The lowest BCUT2D eigenvalue weighted by molar-refractivity contribution is 0.0600. The highest BCUT2D eigenvalue weighted by atomic mass is 16.5. The Bertz CT molecular complexity index is 795. The summed E-state index contributed by atoms with van der Waals surface area (Å²) in [4.78, 5) is 15.8. The number of hydrogen-bond donors (Lipinski definition) is 1. The molecule has 2 N–H and O–H groups in total. The van der Waals surface area contributed by atoms with Gasteiger partial charge >= 0.3 is 5.97 Å². The zero-order valence-electron chi connectivity index (χ0n) is 10.8. The molecule has 2 heterocycles. The van der Waals surface area contributed by atoms with Crippen LogP contribution >= 0.6 is 0 Å². The second-order valence-electron chi connectivity index (χ2n) is 4.21.